The molecule has 0 saturated carbocycles. The smallest absolute Gasteiger partial charge is 0.0719 e. The molecule has 0 unspecified atom stereocenters. The zero-order valence-corrected chi connectivity index (χ0v) is 16.5. The number of aromatic amines is 2. The van der Waals surface area contributed by atoms with Gasteiger partial charge in [-0.3, -0.25) is 0 Å². The summed E-state index contributed by atoms with van der Waals surface area (Å²) in [5.74, 6) is 0. The maximum absolute atomic E-state index is 4.96. The number of hydrogen-bond donors (Lipinski definition) is 2. The van der Waals surface area contributed by atoms with Crippen LogP contribution in [0.1, 0.15) is 47.8 Å². The lowest BCUT2D eigenvalue weighted by Crippen LogP contribution is -1.86. The van der Waals surface area contributed by atoms with Crippen molar-refractivity contribution >= 4 is 45.4 Å². The first-order chi connectivity index (χ1) is 13.5. The summed E-state index contributed by atoms with van der Waals surface area (Å²) in [6, 6.07) is 12.6. The van der Waals surface area contributed by atoms with Gasteiger partial charge < -0.3 is 9.97 Å². The minimum atomic E-state index is 0.930. The second-order valence-electron chi connectivity index (χ2n) is 7.60. The number of H-pyrrole nitrogens is 2. The first-order valence-corrected chi connectivity index (χ1v) is 9.53. The minimum Gasteiger partial charge on any atom is -0.355 e. The molecule has 2 aliphatic heterocycles. The van der Waals surface area contributed by atoms with Gasteiger partial charge in [0, 0.05) is 22.1 Å². The lowest BCUT2D eigenvalue weighted by molar-refractivity contribution is 1.23. The number of fused-ring (bicyclic) bond motifs is 8. The summed E-state index contributed by atoms with van der Waals surface area (Å²) in [7, 11) is 0. The molecule has 0 aliphatic carbocycles. The molecule has 0 fully saturated rings. The number of allylic oxidation sites excluding steroid dienone is 2. The fraction of sp³-hybridized carbons (Fsp3) is 0.167. The Bertz CT molecular complexity index is 1350. The summed E-state index contributed by atoms with van der Waals surface area (Å²) in [5.41, 5.74) is 13.0. The molecule has 0 spiro atoms. The maximum atomic E-state index is 4.96. The van der Waals surface area contributed by atoms with Crippen LogP contribution >= 0.6 is 0 Å². The first kappa shape index (κ1) is 16.8. The molecule has 0 aromatic carbocycles. The molecule has 3 aromatic rings. The molecule has 5 heterocycles. The molecule has 4 heteroatoms. The monoisotopic (exact) mass is 366 g/mol. The van der Waals surface area contributed by atoms with E-state index >= 15 is 0 Å². The fourth-order valence-corrected chi connectivity index (χ4v) is 3.95. The third-order valence-electron chi connectivity index (χ3n) is 5.61. The summed E-state index contributed by atoms with van der Waals surface area (Å²) in [5, 5.41) is 0. The van der Waals surface area contributed by atoms with E-state index in [4.69, 9.17) is 9.97 Å². The Morgan fingerprint density at radius 1 is 0.679 bits per heavy atom. The lowest BCUT2D eigenvalue weighted by atomic mass is 10.0. The van der Waals surface area contributed by atoms with Crippen molar-refractivity contribution in [2.75, 3.05) is 0 Å². The van der Waals surface area contributed by atoms with Crippen molar-refractivity contribution in [1.82, 2.24) is 19.9 Å². The third kappa shape index (κ3) is 2.69. The Kier molecular flexibility index (Phi) is 3.63. The van der Waals surface area contributed by atoms with E-state index in [9.17, 15) is 0 Å². The van der Waals surface area contributed by atoms with E-state index in [1.54, 1.807) is 0 Å². The number of rotatable bonds is 0. The number of nitrogens with one attached hydrogen (secondary N) is 2. The summed E-state index contributed by atoms with van der Waals surface area (Å²) in [6.45, 7) is 8.57. The number of hydrogen-bond acceptors (Lipinski definition) is 2. The van der Waals surface area contributed by atoms with Gasteiger partial charge in [-0.05, 0) is 98.5 Å². The van der Waals surface area contributed by atoms with Gasteiger partial charge in [-0.15, -0.1) is 0 Å². The van der Waals surface area contributed by atoms with Crippen molar-refractivity contribution in [3.63, 3.8) is 0 Å². The van der Waals surface area contributed by atoms with Crippen LogP contribution in [0.5, 0.6) is 0 Å². The van der Waals surface area contributed by atoms with Crippen LogP contribution in [0.4, 0.5) is 0 Å². The van der Waals surface area contributed by atoms with Crippen LogP contribution in [0.15, 0.2) is 36.4 Å². The van der Waals surface area contributed by atoms with E-state index in [1.807, 2.05) is 12.2 Å². The highest BCUT2D eigenvalue weighted by Crippen LogP contribution is 2.32. The van der Waals surface area contributed by atoms with Crippen molar-refractivity contribution in [3.05, 3.63) is 70.3 Å². The highest BCUT2D eigenvalue weighted by molar-refractivity contribution is 5.93. The van der Waals surface area contributed by atoms with Crippen LogP contribution in [0.25, 0.3) is 45.4 Å². The number of aryl methyl sites for hydroxylation is 2. The van der Waals surface area contributed by atoms with Gasteiger partial charge in [-0.2, -0.15) is 0 Å². The van der Waals surface area contributed by atoms with Crippen molar-refractivity contribution in [1.29, 1.82) is 0 Å². The predicted octanol–water partition coefficient (Wildman–Crippen LogP) is 6.05. The van der Waals surface area contributed by atoms with Crippen molar-refractivity contribution in [2.24, 2.45) is 0 Å². The highest BCUT2D eigenvalue weighted by Gasteiger charge is 2.16. The Labute approximate surface area is 163 Å². The summed E-state index contributed by atoms with van der Waals surface area (Å²) in [6.07, 6.45) is 4.08. The summed E-state index contributed by atoms with van der Waals surface area (Å²) >= 11 is 0. The molecule has 4 nitrogen and oxygen atoms in total. The summed E-state index contributed by atoms with van der Waals surface area (Å²) < 4.78 is 0. The predicted molar refractivity (Wildman–Crippen MR) is 118 cm³/mol. The largest absolute Gasteiger partial charge is 0.355 e. The standard InChI is InChI=1S/C24H22N4/c1-13-9-21-11-19-6-5-17(25-19)10-18-7-8-20(26-18)12-22-14(2)15(3)24(28-22)16(4)23(13)27-21/h5-12,25,27H,1-4H3. The fourth-order valence-electron chi connectivity index (χ4n) is 3.95. The molecule has 8 bridgehead atoms. The van der Waals surface area contributed by atoms with E-state index in [-0.39, 0.29) is 0 Å². The van der Waals surface area contributed by atoms with Crippen LogP contribution in [-0.2, 0) is 0 Å². The summed E-state index contributed by atoms with van der Waals surface area (Å²) in [4.78, 5) is 16.7. The molecule has 2 N–H and O–H groups in total. The van der Waals surface area contributed by atoms with E-state index in [1.165, 1.54) is 22.3 Å². The average Bonchev–Trinajstić information content (AvgIpc) is 3.42. The van der Waals surface area contributed by atoms with E-state index in [0.717, 1.165) is 44.8 Å². The molecular formula is C24H22N4. The lowest BCUT2D eigenvalue weighted by Gasteiger charge is -2.00. The molecule has 0 radical (unpaired) electrons. The van der Waals surface area contributed by atoms with Crippen LogP contribution in [0.3, 0.4) is 0 Å². The Morgan fingerprint density at radius 3 is 2.18 bits per heavy atom. The Morgan fingerprint density at radius 2 is 1.39 bits per heavy atom. The molecule has 28 heavy (non-hydrogen) atoms. The van der Waals surface area contributed by atoms with Crippen molar-refractivity contribution in [3.8, 4) is 0 Å². The highest BCUT2D eigenvalue weighted by atomic mass is 14.8. The molecule has 2 aliphatic rings. The minimum absolute atomic E-state index is 0.930. The van der Waals surface area contributed by atoms with Gasteiger partial charge in [0.05, 0.1) is 22.8 Å². The normalized spacial score (nSPS) is 13.4. The van der Waals surface area contributed by atoms with Crippen molar-refractivity contribution < 1.29 is 0 Å². The van der Waals surface area contributed by atoms with E-state index < -0.39 is 0 Å². The zero-order valence-electron chi connectivity index (χ0n) is 16.5. The van der Waals surface area contributed by atoms with Crippen LogP contribution in [0, 0.1) is 13.8 Å². The van der Waals surface area contributed by atoms with E-state index in [0.29, 0.717) is 0 Å². The molecule has 0 atom stereocenters. The Balaban J connectivity index is 1.94. The quantitative estimate of drug-likeness (QED) is 0.398. The van der Waals surface area contributed by atoms with Gasteiger partial charge in [0.2, 0.25) is 0 Å². The second-order valence-corrected chi connectivity index (χ2v) is 7.60. The zero-order chi connectivity index (χ0) is 19.4. The van der Waals surface area contributed by atoms with Crippen LogP contribution in [0.2, 0.25) is 0 Å². The van der Waals surface area contributed by atoms with Gasteiger partial charge in [0.1, 0.15) is 0 Å². The number of nitrogens with zero attached hydrogens (tertiary/aromatic N) is 2. The van der Waals surface area contributed by atoms with Gasteiger partial charge >= 0.3 is 0 Å². The number of aromatic nitrogens is 4. The molecule has 0 saturated heterocycles. The van der Waals surface area contributed by atoms with Crippen LogP contribution in [-0.4, -0.2) is 19.9 Å². The molecular weight excluding hydrogens is 344 g/mol. The second kappa shape index (κ2) is 6.06. The topological polar surface area (TPSA) is 57.4 Å². The molecule has 138 valence electrons. The first-order valence-electron chi connectivity index (χ1n) is 9.53. The Hall–Kier alpha value is -3.40. The maximum Gasteiger partial charge on any atom is 0.0719 e. The van der Waals surface area contributed by atoms with Gasteiger partial charge in [0.15, 0.2) is 0 Å². The van der Waals surface area contributed by atoms with Crippen LogP contribution < -0.4 is 0 Å². The van der Waals surface area contributed by atoms with E-state index in [2.05, 4.69) is 74.1 Å². The van der Waals surface area contributed by atoms with Gasteiger partial charge in [-0.25, -0.2) is 9.97 Å². The molecule has 0 amide bonds. The molecule has 3 aromatic heterocycles. The third-order valence-corrected chi connectivity index (χ3v) is 5.61. The van der Waals surface area contributed by atoms with Gasteiger partial charge in [0.25, 0.3) is 0 Å². The van der Waals surface area contributed by atoms with Gasteiger partial charge in [-0.1, -0.05) is 0 Å². The molecule has 5 rings (SSSR count). The SMILES string of the molecule is CC1=C(C)c2nc1cc1nc(cc3ccc(cc4cc(C)c([nH]4)c2C)[nH]3)C=C1. The average molecular weight is 366 g/mol. The van der Waals surface area contributed by atoms with Crippen molar-refractivity contribution in [2.45, 2.75) is 27.7 Å².